The fourth-order valence-corrected chi connectivity index (χ4v) is 12.6. The zero-order valence-corrected chi connectivity index (χ0v) is 34.3. The van der Waals surface area contributed by atoms with Gasteiger partial charge in [-0.1, -0.05) is 12.1 Å². The minimum atomic E-state index is 0.194. The molecule has 13 rings (SSSR count). The average Bonchev–Trinajstić information content (AvgIpc) is 3.85. The quantitative estimate of drug-likeness (QED) is 0.123. The van der Waals surface area contributed by atoms with E-state index in [0.717, 1.165) is 0 Å². The third-order valence-corrected chi connectivity index (χ3v) is 15.1. The molecule has 0 saturated carbocycles. The number of nitrogens with zero attached hydrogens (tertiary/aromatic N) is 1. The number of fused-ring (bicyclic) bond motifs is 10. The standard InChI is InChI=1S/C58H35NSe/c1-2-16-36(17-3-1)55-42-20-4-6-22-44(42)57(45-23-7-5-21-43(45)55)38-30-32-41-50-34-37(31-33-53(50)60-54(41)35-38)56-46-24-8-10-26-48(46)58(49-27-11-9-25-47(49)56)59-51-28-14-12-18-39(51)40-19-13-15-29-52(40)59/h1-35H. The van der Waals surface area contributed by atoms with Crippen molar-refractivity contribution in [1.82, 2.24) is 4.57 Å². The summed E-state index contributed by atoms with van der Waals surface area (Å²) in [6.07, 6.45) is 0. The van der Waals surface area contributed by atoms with Crippen LogP contribution in [-0.2, 0) is 0 Å². The summed E-state index contributed by atoms with van der Waals surface area (Å²) in [6.45, 7) is 0. The van der Waals surface area contributed by atoms with Crippen molar-refractivity contribution in [3.8, 4) is 39.1 Å². The average molecular weight is 825 g/mol. The Morgan fingerprint density at radius 3 is 1.18 bits per heavy atom. The van der Waals surface area contributed by atoms with E-state index in [0.29, 0.717) is 0 Å². The van der Waals surface area contributed by atoms with Gasteiger partial charge in [0, 0.05) is 0 Å². The van der Waals surface area contributed by atoms with E-state index in [1.165, 1.54) is 123 Å². The summed E-state index contributed by atoms with van der Waals surface area (Å²) in [5.41, 5.74) is 11.4. The first-order valence-electron chi connectivity index (χ1n) is 20.7. The summed E-state index contributed by atoms with van der Waals surface area (Å²) in [7, 11) is 0. The number of hydrogen-bond donors (Lipinski definition) is 0. The summed E-state index contributed by atoms with van der Waals surface area (Å²) >= 11 is 0.194. The summed E-state index contributed by atoms with van der Waals surface area (Å²) in [5, 5.41) is 15.5. The Bertz CT molecular complexity index is 3720. The van der Waals surface area contributed by atoms with Gasteiger partial charge in [-0.25, -0.2) is 0 Å². The topological polar surface area (TPSA) is 4.93 Å². The first kappa shape index (κ1) is 33.7. The first-order valence-corrected chi connectivity index (χ1v) is 22.4. The molecular weight excluding hydrogens is 790 g/mol. The van der Waals surface area contributed by atoms with E-state index < -0.39 is 0 Å². The molecule has 1 nitrogen and oxygen atoms in total. The van der Waals surface area contributed by atoms with Crippen LogP contribution in [0.2, 0.25) is 0 Å². The summed E-state index contributed by atoms with van der Waals surface area (Å²) < 4.78 is 5.40. The number of aromatic nitrogens is 1. The van der Waals surface area contributed by atoms with Gasteiger partial charge in [-0.15, -0.1) is 0 Å². The van der Waals surface area contributed by atoms with Crippen LogP contribution in [0.3, 0.4) is 0 Å². The van der Waals surface area contributed by atoms with E-state index >= 15 is 0 Å². The van der Waals surface area contributed by atoms with Gasteiger partial charge in [0.05, 0.1) is 0 Å². The third-order valence-electron chi connectivity index (χ3n) is 12.7. The van der Waals surface area contributed by atoms with E-state index in [9.17, 15) is 0 Å². The molecule has 2 heterocycles. The van der Waals surface area contributed by atoms with Crippen molar-refractivity contribution < 1.29 is 0 Å². The fraction of sp³-hybridized carbons (Fsp3) is 0. The molecule has 0 radical (unpaired) electrons. The SMILES string of the molecule is c1ccc(-c2c3ccccc3c(-c3ccc4c(c3)[se]c3ccc(-c5c6ccccc6c(-n6c7ccccc7c7ccccc76)c6ccccc56)cc34)c3ccccc23)cc1. The van der Waals surface area contributed by atoms with Crippen LogP contribution in [0.1, 0.15) is 0 Å². The second-order valence-electron chi connectivity index (χ2n) is 15.9. The zero-order chi connectivity index (χ0) is 39.3. The van der Waals surface area contributed by atoms with Crippen LogP contribution in [0, 0.1) is 0 Å². The monoisotopic (exact) mass is 825 g/mol. The van der Waals surface area contributed by atoms with Gasteiger partial charge in [-0.2, -0.15) is 0 Å². The molecule has 0 saturated heterocycles. The molecule has 11 aromatic carbocycles. The van der Waals surface area contributed by atoms with Gasteiger partial charge in [0.25, 0.3) is 0 Å². The molecule has 0 N–H and O–H groups in total. The molecule has 278 valence electrons. The van der Waals surface area contributed by atoms with Crippen molar-refractivity contribution in [2.24, 2.45) is 0 Å². The van der Waals surface area contributed by atoms with Crippen LogP contribution in [0.4, 0.5) is 0 Å². The predicted molar refractivity (Wildman–Crippen MR) is 259 cm³/mol. The molecule has 0 bridgehead atoms. The van der Waals surface area contributed by atoms with Crippen LogP contribution in [0.5, 0.6) is 0 Å². The van der Waals surface area contributed by atoms with Crippen molar-refractivity contribution in [1.29, 1.82) is 0 Å². The Morgan fingerprint density at radius 2 is 0.650 bits per heavy atom. The second-order valence-corrected chi connectivity index (χ2v) is 18.2. The number of para-hydroxylation sites is 2. The van der Waals surface area contributed by atoms with Crippen molar-refractivity contribution >= 4 is 98.7 Å². The molecule has 0 unspecified atom stereocenters. The third kappa shape index (κ3) is 4.87. The van der Waals surface area contributed by atoms with E-state index in [1.54, 1.807) is 0 Å². The van der Waals surface area contributed by atoms with Crippen LogP contribution >= 0.6 is 0 Å². The Balaban J connectivity index is 1.03. The van der Waals surface area contributed by atoms with E-state index in [1.807, 2.05) is 0 Å². The molecule has 0 aliphatic heterocycles. The van der Waals surface area contributed by atoms with Gasteiger partial charge in [-0.3, -0.25) is 0 Å². The van der Waals surface area contributed by atoms with Gasteiger partial charge in [0.2, 0.25) is 0 Å². The molecule has 0 fully saturated rings. The van der Waals surface area contributed by atoms with Gasteiger partial charge in [0.15, 0.2) is 0 Å². The predicted octanol–water partition coefficient (Wildman–Crippen LogP) is 15.8. The fourth-order valence-electron chi connectivity index (χ4n) is 10.3. The van der Waals surface area contributed by atoms with Crippen LogP contribution in [0.15, 0.2) is 212 Å². The van der Waals surface area contributed by atoms with E-state index in [-0.39, 0.29) is 14.5 Å². The maximum atomic E-state index is 2.50. The molecule has 0 atom stereocenters. The van der Waals surface area contributed by atoms with Crippen LogP contribution in [-0.4, -0.2) is 19.1 Å². The van der Waals surface area contributed by atoms with Crippen molar-refractivity contribution in [2.45, 2.75) is 0 Å². The Labute approximate surface area is 352 Å². The van der Waals surface area contributed by atoms with Gasteiger partial charge >= 0.3 is 343 Å². The molecule has 0 amide bonds. The van der Waals surface area contributed by atoms with Crippen LogP contribution < -0.4 is 0 Å². The normalized spacial score (nSPS) is 12.0. The number of benzene rings is 11. The van der Waals surface area contributed by atoms with Crippen LogP contribution in [0.25, 0.3) is 123 Å². The molecule has 2 aromatic heterocycles. The minimum absolute atomic E-state index is 0.194. The first-order chi connectivity index (χ1) is 29.8. The summed E-state index contributed by atoms with van der Waals surface area (Å²) in [5.74, 6) is 0. The van der Waals surface area contributed by atoms with E-state index in [4.69, 9.17) is 0 Å². The molecule has 60 heavy (non-hydrogen) atoms. The maximum absolute atomic E-state index is 2.50. The van der Waals surface area contributed by atoms with Crippen molar-refractivity contribution in [2.75, 3.05) is 0 Å². The second kappa shape index (κ2) is 13.1. The van der Waals surface area contributed by atoms with Crippen molar-refractivity contribution in [3.63, 3.8) is 0 Å². The van der Waals surface area contributed by atoms with E-state index in [2.05, 4.69) is 217 Å². The number of rotatable bonds is 4. The Morgan fingerprint density at radius 1 is 0.250 bits per heavy atom. The molecule has 0 spiro atoms. The zero-order valence-electron chi connectivity index (χ0n) is 32.6. The van der Waals surface area contributed by atoms with Gasteiger partial charge in [-0.05, 0) is 0 Å². The van der Waals surface area contributed by atoms with Crippen molar-refractivity contribution in [3.05, 3.63) is 212 Å². The molecule has 0 aliphatic carbocycles. The Hall–Kier alpha value is -7.22. The summed E-state index contributed by atoms with van der Waals surface area (Å²) in [6, 6.07) is 79.1. The van der Waals surface area contributed by atoms with Gasteiger partial charge < -0.3 is 0 Å². The molecule has 13 aromatic rings. The number of hydrogen-bond acceptors (Lipinski definition) is 0. The Kier molecular flexibility index (Phi) is 7.39. The summed E-state index contributed by atoms with van der Waals surface area (Å²) in [4.78, 5) is 0. The molecular formula is C58H35NSe. The van der Waals surface area contributed by atoms with Gasteiger partial charge in [0.1, 0.15) is 0 Å². The molecule has 2 heteroatoms. The molecule has 0 aliphatic rings.